The van der Waals surface area contributed by atoms with E-state index in [2.05, 4.69) is 54.1 Å². The Hall–Kier alpha value is -0.661. The van der Waals surface area contributed by atoms with Crippen LogP contribution < -0.4 is 0 Å². The standard InChI is InChI=1S/C9H10N4O3.Yb/c1-6-7(4-13(15)16)10-5-11-8(6)9(14)12(2)3;/h5H,1-3H3;. The molecule has 1 rings (SSSR count). The van der Waals surface area contributed by atoms with Gasteiger partial charge in [0, 0.05) is 0 Å². The summed E-state index contributed by atoms with van der Waals surface area (Å²) in [6.45, 7) is 1.57. The molecule has 1 aromatic rings. The van der Waals surface area contributed by atoms with Crippen molar-refractivity contribution in [3.8, 4) is 0 Å². The monoisotopic (exact) mass is 396 g/mol. The minimum atomic E-state index is -0.590. The fourth-order valence-corrected chi connectivity index (χ4v) is 1.58. The number of nitro groups is 1. The van der Waals surface area contributed by atoms with Crippen molar-refractivity contribution >= 4 is 6.27 Å². The van der Waals surface area contributed by atoms with Crippen LogP contribution in [0.5, 0.6) is 0 Å². The van der Waals surface area contributed by atoms with Crippen molar-refractivity contribution < 1.29 is 53.8 Å². The van der Waals surface area contributed by atoms with Crippen LogP contribution in [0, 0.1) is 61.1 Å². The zero-order valence-electron chi connectivity index (χ0n) is 9.36. The van der Waals surface area contributed by atoms with E-state index in [1.54, 1.807) is 21.0 Å². The quantitative estimate of drug-likeness (QED) is 0.522. The average Bonchev–Trinajstić information content (AvgIpc) is 2.27. The molecule has 0 aliphatic rings. The Balaban J connectivity index is 3.30. The van der Waals surface area contributed by atoms with Gasteiger partial charge in [-0.2, -0.15) is 0 Å². The van der Waals surface area contributed by atoms with Crippen LogP contribution in [0.2, 0.25) is 0 Å². The van der Waals surface area contributed by atoms with Crippen LogP contribution in [0.1, 0.15) is 21.7 Å². The zero-order chi connectivity index (χ0) is 13.2. The van der Waals surface area contributed by atoms with Gasteiger partial charge in [-0.3, -0.25) is 0 Å². The molecule has 8 heteroatoms. The first-order valence-electron chi connectivity index (χ1n) is 4.51. The Bertz CT molecular complexity index is 501. The fraction of sp³-hybridized carbons (Fsp3) is 0.333. The Kier molecular flexibility index (Phi) is 4.90. The van der Waals surface area contributed by atoms with E-state index in [1.807, 2.05) is 0 Å². The number of hydrogen-bond acceptors (Lipinski definition) is 5. The first-order valence-corrected chi connectivity index (χ1v) is 5.37. The molecule has 7 nitrogen and oxygen atoms in total. The van der Waals surface area contributed by atoms with Gasteiger partial charge in [0.1, 0.15) is 0 Å². The number of carbonyl (C=O) groups is 1. The first-order chi connectivity index (χ1) is 7.86. The third-order valence-electron chi connectivity index (χ3n) is 2.00. The molecule has 0 spiro atoms. The normalized spacial score (nSPS) is 9.94. The van der Waals surface area contributed by atoms with E-state index in [-0.39, 0.29) is 17.7 Å². The van der Waals surface area contributed by atoms with Crippen molar-refractivity contribution in [2.45, 2.75) is 6.92 Å². The summed E-state index contributed by atoms with van der Waals surface area (Å²) in [6.07, 6.45) is 1.14. The predicted molar refractivity (Wildman–Crippen MR) is 55.9 cm³/mol. The van der Waals surface area contributed by atoms with E-state index in [9.17, 15) is 14.9 Å². The molecular formula is C9H10N4O3Yb. The van der Waals surface area contributed by atoms with Gasteiger partial charge < -0.3 is 0 Å². The van der Waals surface area contributed by atoms with E-state index >= 15 is 0 Å². The number of aromatic nitrogens is 2. The molecule has 98 valence electrons. The topological polar surface area (TPSA) is 89.2 Å². The summed E-state index contributed by atoms with van der Waals surface area (Å²) in [5.74, 6) is -0.319. The Labute approximate surface area is 128 Å². The average molecular weight is 395 g/mol. The summed E-state index contributed by atoms with van der Waals surface area (Å²) in [6, 6.07) is 0. The van der Waals surface area contributed by atoms with Gasteiger partial charge in [-0.1, -0.05) is 0 Å². The van der Waals surface area contributed by atoms with Gasteiger partial charge in [0.15, 0.2) is 0 Å². The Morgan fingerprint density at radius 1 is 1.41 bits per heavy atom. The fourth-order valence-electron chi connectivity index (χ4n) is 1.14. The molecule has 0 bridgehead atoms. The molecule has 0 unspecified atom stereocenters. The van der Waals surface area contributed by atoms with Crippen LogP contribution >= 0.6 is 0 Å². The summed E-state index contributed by atoms with van der Waals surface area (Å²) in [5.41, 5.74) is 0.670. The number of amides is 1. The number of hydrogen-bond donors (Lipinski definition) is 0. The van der Waals surface area contributed by atoms with E-state index in [1.165, 1.54) is 4.90 Å². The third-order valence-corrected chi connectivity index (χ3v) is 2.72. The van der Waals surface area contributed by atoms with Crippen LogP contribution in [0.15, 0.2) is 6.33 Å². The molecule has 0 fully saturated rings. The summed E-state index contributed by atoms with van der Waals surface area (Å²) < 4.78 is -0.238. The number of rotatable bonds is 3. The van der Waals surface area contributed by atoms with Gasteiger partial charge in [-0.05, 0) is 0 Å². The summed E-state index contributed by atoms with van der Waals surface area (Å²) >= 11 is 2.44. The van der Waals surface area contributed by atoms with E-state index in [0.29, 0.717) is 5.56 Å². The van der Waals surface area contributed by atoms with Gasteiger partial charge in [-0.15, -0.1) is 0 Å². The summed E-state index contributed by atoms with van der Waals surface area (Å²) in [4.78, 5) is 30.8. The van der Waals surface area contributed by atoms with Crippen molar-refractivity contribution in [1.82, 2.24) is 14.9 Å². The second-order valence-corrected chi connectivity index (χ2v) is 4.20. The van der Waals surface area contributed by atoms with Crippen LogP contribution in [-0.4, -0.2) is 40.2 Å². The summed E-state index contributed by atoms with van der Waals surface area (Å²) in [5, 5.41) is 10.6. The SMILES string of the molecule is Cc1c(C(=O)N(C)C)ncnc1[C](=[Yb])[N+](=O)[O-]. The second-order valence-electron chi connectivity index (χ2n) is 3.39. The van der Waals surface area contributed by atoms with Crippen LogP contribution in [0.25, 0.3) is 0 Å². The Morgan fingerprint density at radius 3 is 2.41 bits per heavy atom. The molecule has 17 heavy (non-hydrogen) atoms. The maximum absolute atomic E-state index is 11.8. The van der Waals surface area contributed by atoms with E-state index in [0.717, 1.165) is 6.33 Å². The third kappa shape index (κ3) is 3.17. The molecular weight excluding hydrogens is 385 g/mol. The van der Waals surface area contributed by atoms with Gasteiger partial charge >= 0.3 is 129 Å². The van der Waals surface area contributed by atoms with Gasteiger partial charge in [-0.25, -0.2) is 0 Å². The van der Waals surface area contributed by atoms with Crippen molar-refractivity contribution in [2.75, 3.05) is 14.1 Å². The molecule has 1 aromatic heterocycles. The van der Waals surface area contributed by atoms with Crippen LogP contribution in [0.3, 0.4) is 0 Å². The number of nitrogens with zero attached hydrogens (tertiary/aromatic N) is 4. The molecule has 0 aliphatic carbocycles. The van der Waals surface area contributed by atoms with Crippen molar-refractivity contribution in [3.63, 3.8) is 0 Å². The van der Waals surface area contributed by atoms with Crippen LogP contribution in [0.4, 0.5) is 0 Å². The molecule has 0 saturated heterocycles. The predicted octanol–water partition coefficient (Wildman–Crippen LogP) is -0.209. The van der Waals surface area contributed by atoms with Gasteiger partial charge in [0.25, 0.3) is 0 Å². The van der Waals surface area contributed by atoms with Crippen molar-refractivity contribution in [1.29, 1.82) is 0 Å². The first kappa shape index (κ1) is 14.4. The Morgan fingerprint density at radius 2 is 1.94 bits per heavy atom. The van der Waals surface area contributed by atoms with E-state index in [4.69, 9.17) is 0 Å². The summed E-state index contributed by atoms with van der Waals surface area (Å²) in [7, 11) is 3.16. The van der Waals surface area contributed by atoms with Crippen molar-refractivity contribution in [3.05, 3.63) is 33.4 Å². The number of carbonyl (C=O) groups excluding carboxylic acids is 1. The van der Waals surface area contributed by atoms with Crippen LogP contribution in [-0.2, 0) is 0 Å². The molecule has 0 aromatic carbocycles. The molecule has 0 aliphatic heterocycles. The maximum atomic E-state index is 11.8. The molecule has 1 heterocycles. The van der Waals surface area contributed by atoms with Crippen molar-refractivity contribution in [2.24, 2.45) is 0 Å². The zero-order valence-corrected chi connectivity index (χ0v) is 11.1. The van der Waals surface area contributed by atoms with E-state index < -0.39 is 4.92 Å². The molecule has 0 atom stereocenters. The molecule has 1 amide bonds. The van der Waals surface area contributed by atoms with Gasteiger partial charge in [0.2, 0.25) is 0 Å². The molecule has 0 radical (unpaired) electrons. The minimum absolute atomic E-state index is 0.128. The molecule has 0 N–H and O–H groups in total. The van der Waals surface area contributed by atoms with Gasteiger partial charge in [0.05, 0.1) is 0 Å². The second kappa shape index (κ2) is 5.79. The molecule has 0 saturated carbocycles.